The maximum Gasteiger partial charge on any atom is 0.269 e. The standard InChI is InChI=1S/C18H24F2/c1-14(2)16-10-8-15(9-11-16)13-17-7-5-3-4-6-12-18(17,19)20/h6,8,10,12,17H,1,3-5,7,9,11,13H2,2H3/b12-6-. The van der Waals surface area contributed by atoms with Gasteiger partial charge < -0.3 is 0 Å². The normalized spacial score (nSPS) is 27.9. The highest BCUT2D eigenvalue weighted by Gasteiger charge is 2.37. The van der Waals surface area contributed by atoms with E-state index in [0.717, 1.165) is 49.3 Å². The van der Waals surface area contributed by atoms with Crippen molar-refractivity contribution in [2.75, 3.05) is 0 Å². The average molecular weight is 278 g/mol. The van der Waals surface area contributed by atoms with Gasteiger partial charge in [-0.05, 0) is 57.1 Å². The second-order valence-electron chi connectivity index (χ2n) is 6.06. The Bertz CT molecular complexity index is 452. The summed E-state index contributed by atoms with van der Waals surface area (Å²) in [5, 5.41) is 0. The Hall–Kier alpha value is -1.18. The van der Waals surface area contributed by atoms with E-state index in [9.17, 15) is 8.78 Å². The van der Waals surface area contributed by atoms with Crippen molar-refractivity contribution in [2.24, 2.45) is 5.92 Å². The first-order valence-electron chi connectivity index (χ1n) is 7.59. The Morgan fingerprint density at radius 3 is 2.75 bits per heavy atom. The SMILES string of the molecule is C=C(C)C1=CC=C(CC2CCCC/C=C\C2(F)F)CC1. The van der Waals surface area contributed by atoms with Crippen molar-refractivity contribution in [1.82, 2.24) is 0 Å². The molecule has 0 aliphatic heterocycles. The van der Waals surface area contributed by atoms with Crippen molar-refractivity contribution >= 4 is 0 Å². The Balaban J connectivity index is 2.06. The molecule has 0 spiro atoms. The highest BCUT2D eigenvalue weighted by Crippen LogP contribution is 2.38. The molecule has 110 valence electrons. The first kappa shape index (κ1) is 15.2. The van der Waals surface area contributed by atoms with Crippen LogP contribution < -0.4 is 0 Å². The molecular weight excluding hydrogens is 254 g/mol. The zero-order valence-corrected chi connectivity index (χ0v) is 12.3. The van der Waals surface area contributed by atoms with E-state index in [1.165, 1.54) is 5.57 Å². The zero-order valence-electron chi connectivity index (χ0n) is 12.3. The Kier molecular flexibility index (Phi) is 4.95. The lowest BCUT2D eigenvalue weighted by Crippen LogP contribution is -2.27. The molecule has 0 bridgehead atoms. The Morgan fingerprint density at radius 1 is 1.30 bits per heavy atom. The monoisotopic (exact) mass is 278 g/mol. The van der Waals surface area contributed by atoms with E-state index in [1.54, 1.807) is 6.08 Å². The van der Waals surface area contributed by atoms with E-state index in [0.29, 0.717) is 12.8 Å². The molecule has 1 atom stereocenters. The quantitative estimate of drug-likeness (QED) is 0.557. The molecule has 2 aliphatic rings. The minimum Gasteiger partial charge on any atom is -0.202 e. The van der Waals surface area contributed by atoms with E-state index in [2.05, 4.69) is 12.7 Å². The van der Waals surface area contributed by atoms with Gasteiger partial charge in [-0.15, -0.1) is 0 Å². The molecule has 0 aromatic rings. The van der Waals surface area contributed by atoms with E-state index < -0.39 is 11.8 Å². The van der Waals surface area contributed by atoms with E-state index in [-0.39, 0.29) is 0 Å². The van der Waals surface area contributed by atoms with E-state index in [1.807, 2.05) is 13.0 Å². The number of rotatable bonds is 3. The van der Waals surface area contributed by atoms with E-state index >= 15 is 0 Å². The van der Waals surface area contributed by atoms with Gasteiger partial charge in [0.2, 0.25) is 0 Å². The van der Waals surface area contributed by atoms with Gasteiger partial charge in [0.05, 0.1) is 0 Å². The molecule has 2 heteroatoms. The first-order chi connectivity index (χ1) is 9.49. The van der Waals surface area contributed by atoms with Crippen LogP contribution in [0, 0.1) is 5.92 Å². The fourth-order valence-electron chi connectivity index (χ4n) is 2.98. The minimum absolute atomic E-state index is 0.525. The van der Waals surface area contributed by atoms with Crippen LogP contribution in [0.25, 0.3) is 0 Å². The minimum atomic E-state index is -2.65. The van der Waals surface area contributed by atoms with Crippen LogP contribution in [0.2, 0.25) is 0 Å². The fraction of sp³-hybridized carbons (Fsp3) is 0.556. The van der Waals surface area contributed by atoms with Crippen molar-refractivity contribution < 1.29 is 8.78 Å². The van der Waals surface area contributed by atoms with Gasteiger partial charge in [-0.25, -0.2) is 8.78 Å². The summed E-state index contributed by atoms with van der Waals surface area (Å²) >= 11 is 0. The summed E-state index contributed by atoms with van der Waals surface area (Å²) in [4.78, 5) is 0. The topological polar surface area (TPSA) is 0 Å². The van der Waals surface area contributed by atoms with Gasteiger partial charge in [0.15, 0.2) is 0 Å². The maximum atomic E-state index is 14.1. The van der Waals surface area contributed by atoms with Crippen LogP contribution in [0.15, 0.2) is 47.6 Å². The summed E-state index contributed by atoms with van der Waals surface area (Å²) in [6.07, 6.45) is 12.6. The first-order valence-corrected chi connectivity index (χ1v) is 7.59. The molecule has 0 amide bonds. The third-order valence-electron chi connectivity index (χ3n) is 4.35. The Labute approximate surface area is 121 Å². The number of hydrogen-bond acceptors (Lipinski definition) is 0. The largest absolute Gasteiger partial charge is 0.269 e. The lowest BCUT2D eigenvalue weighted by Gasteiger charge is -2.28. The third kappa shape index (κ3) is 3.91. The molecule has 20 heavy (non-hydrogen) atoms. The summed E-state index contributed by atoms with van der Waals surface area (Å²) in [5.41, 5.74) is 3.49. The molecule has 0 aromatic heterocycles. The van der Waals surface area contributed by atoms with Crippen molar-refractivity contribution in [3.05, 3.63) is 47.6 Å². The van der Waals surface area contributed by atoms with Crippen molar-refractivity contribution in [1.29, 1.82) is 0 Å². The summed E-state index contributed by atoms with van der Waals surface area (Å²) in [6, 6.07) is 0. The summed E-state index contributed by atoms with van der Waals surface area (Å²) in [5.74, 6) is -3.19. The van der Waals surface area contributed by atoms with Gasteiger partial charge in [0, 0.05) is 5.92 Å². The highest BCUT2D eigenvalue weighted by molar-refractivity contribution is 5.35. The molecular formula is C18H24F2. The van der Waals surface area contributed by atoms with Gasteiger partial charge in [0.25, 0.3) is 5.92 Å². The van der Waals surface area contributed by atoms with Gasteiger partial charge in [-0.2, -0.15) is 0 Å². The summed E-state index contributed by atoms with van der Waals surface area (Å²) < 4.78 is 28.3. The molecule has 0 fully saturated rings. The molecule has 0 saturated heterocycles. The van der Waals surface area contributed by atoms with Crippen LogP contribution in [0.3, 0.4) is 0 Å². The van der Waals surface area contributed by atoms with Gasteiger partial charge >= 0.3 is 0 Å². The van der Waals surface area contributed by atoms with Gasteiger partial charge in [0.1, 0.15) is 0 Å². The molecule has 0 N–H and O–H groups in total. The van der Waals surface area contributed by atoms with Crippen LogP contribution >= 0.6 is 0 Å². The summed E-state index contributed by atoms with van der Waals surface area (Å²) in [7, 11) is 0. The lowest BCUT2D eigenvalue weighted by molar-refractivity contribution is -0.0153. The molecule has 2 rings (SSSR count). The van der Waals surface area contributed by atoms with Crippen LogP contribution in [0.5, 0.6) is 0 Å². The molecule has 0 saturated carbocycles. The number of alkyl halides is 2. The number of hydrogen-bond donors (Lipinski definition) is 0. The van der Waals surface area contributed by atoms with E-state index in [4.69, 9.17) is 0 Å². The molecule has 0 aromatic carbocycles. The molecule has 1 unspecified atom stereocenters. The molecule has 0 radical (unpaired) electrons. The maximum absolute atomic E-state index is 14.1. The lowest BCUT2D eigenvalue weighted by atomic mass is 9.83. The highest BCUT2D eigenvalue weighted by atomic mass is 19.3. The van der Waals surface area contributed by atoms with Crippen LogP contribution in [0.1, 0.15) is 51.9 Å². The zero-order chi connectivity index (χ0) is 14.6. The summed E-state index contributed by atoms with van der Waals surface area (Å²) in [6.45, 7) is 5.94. The smallest absolute Gasteiger partial charge is 0.202 e. The predicted molar refractivity (Wildman–Crippen MR) is 80.9 cm³/mol. The molecule has 0 nitrogen and oxygen atoms in total. The fourth-order valence-corrected chi connectivity index (χ4v) is 2.98. The van der Waals surface area contributed by atoms with Gasteiger partial charge in [-0.3, -0.25) is 0 Å². The third-order valence-corrected chi connectivity index (χ3v) is 4.35. The van der Waals surface area contributed by atoms with Crippen molar-refractivity contribution in [2.45, 2.75) is 57.8 Å². The Morgan fingerprint density at radius 2 is 2.10 bits per heavy atom. The number of allylic oxidation sites excluding steroid dienone is 7. The van der Waals surface area contributed by atoms with Crippen LogP contribution in [-0.4, -0.2) is 5.92 Å². The van der Waals surface area contributed by atoms with Crippen LogP contribution in [-0.2, 0) is 0 Å². The average Bonchev–Trinajstić information content (AvgIpc) is 2.40. The predicted octanol–water partition coefficient (Wildman–Crippen LogP) is 5.98. The second kappa shape index (κ2) is 6.51. The van der Waals surface area contributed by atoms with Crippen molar-refractivity contribution in [3.8, 4) is 0 Å². The van der Waals surface area contributed by atoms with Crippen molar-refractivity contribution in [3.63, 3.8) is 0 Å². The van der Waals surface area contributed by atoms with Gasteiger partial charge in [-0.1, -0.05) is 42.4 Å². The number of halogens is 2. The molecule has 2 aliphatic carbocycles. The van der Waals surface area contributed by atoms with Crippen LogP contribution in [0.4, 0.5) is 8.78 Å². The second-order valence-corrected chi connectivity index (χ2v) is 6.06. The molecule has 0 heterocycles.